The van der Waals surface area contributed by atoms with Gasteiger partial charge in [-0.2, -0.15) is 0 Å². The van der Waals surface area contributed by atoms with Gasteiger partial charge in [0.2, 0.25) is 11.8 Å². The fourth-order valence-corrected chi connectivity index (χ4v) is 3.66. The third-order valence-corrected chi connectivity index (χ3v) is 5.42. The number of nitrogens with one attached hydrogen (secondary N) is 2. The van der Waals surface area contributed by atoms with E-state index in [1.807, 2.05) is 18.4 Å². The average Bonchev–Trinajstić information content (AvgIpc) is 3.21. The molecule has 0 radical (unpaired) electrons. The Bertz CT molecular complexity index is 935. The molecule has 1 heterocycles. The molecule has 2 amide bonds. The molecule has 3 aromatic rings. The van der Waals surface area contributed by atoms with E-state index in [0.29, 0.717) is 11.3 Å². The number of hydrogen-bond acceptors (Lipinski definition) is 4. The lowest BCUT2D eigenvalue weighted by atomic mass is 10.0. The van der Waals surface area contributed by atoms with Crippen molar-refractivity contribution in [2.24, 2.45) is 5.73 Å². The molecule has 0 saturated carbocycles. The maximum absolute atomic E-state index is 12.7. The number of aryl methyl sites for hydroxylation is 1. The number of nitrogens with two attached hydrogens (primary N) is 1. The van der Waals surface area contributed by atoms with Crippen LogP contribution < -0.4 is 16.4 Å². The second-order valence-electron chi connectivity index (χ2n) is 6.68. The van der Waals surface area contributed by atoms with Crippen molar-refractivity contribution in [3.63, 3.8) is 0 Å². The van der Waals surface area contributed by atoms with Gasteiger partial charge in [-0.3, -0.25) is 14.9 Å². The molecule has 0 fully saturated rings. The van der Waals surface area contributed by atoms with Crippen LogP contribution in [-0.2, 0) is 4.79 Å². The smallest absolute Gasteiger partial charge is 0.248 e. The minimum Gasteiger partial charge on any atom is -0.366 e. The standard InChI is InChI=1S/C22H23N3O2S/c1-14-5-7-16(8-6-14)20(19-4-3-13-28-19)24-15(2)22(27)25-18-11-9-17(10-12-18)21(23)26/h3-13,15,20,24H,1-2H3,(H2,23,26)(H,25,27)/t15-,20-/m1/s1. The number of hydrogen-bond donors (Lipinski definition) is 3. The zero-order chi connectivity index (χ0) is 20.1. The first kappa shape index (κ1) is 19.8. The molecule has 0 aliphatic carbocycles. The summed E-state index contributed by atoms with van der Waals surface area (Å²) in [5.41, 5.74) is 8.57. The summed E-state index contributed by atoms with van der Waals surface area (Å²) in [6.07, 6.45) is 0. The zero-order valence-electron chi connectivity index (χ0n) is 15.8. The van der Waals surface area contributed by atoms with E-state index >= 15 is 0 Å². The van der Waals surface area contributed by atoms with Gasteiger partial charge in [0, 0.05) is 16.1 Å². The molecule has 0 aliphatic heterocycles. The molecule has 5 nitrogen and oxygen atoms in total. The van der Waals surface area contributed by atoms with Crippen LogP contribution in [0.4, 0.5) is 5.69 Å². The van der Waals surface area contributed by atoms with E-state index < -0.39 is 11.9 Å². The van der Waals surface area contributed by atoms with E-state index in [9.17, 15) is 9.59 Å². The topological polar surface area (TPSA) is 84.2 Å². The Hall–Kier alpha value is -2.96. The number of primary amides is 1. The van der Waals surface area contributed by atoms with E-state index in [2.05, 4.69) is 47.9 Å². The van der Waals surface area contributed by atoms with Gasteiger partial charge in [-0.25, -0.2) is 0 Å². The van der Waals surface area contributed by atoms with E-state index in [0.717, 1.165) is 10.4 Å². The number of thiophene rings is 1. The molecular weight excluding hydrogens is 370 g/mol. The van der Waals surface area contributed by atoms with Gasteiger partial charge in [0.25, 0.3) is 0 Å². The van der Waals surface area contributed by atoms with Crippen LogP contribution in [0.2, 0.25) is 0 Å². The molecule has 144 valence electrons. The van der Waals surface area contributed by atoms with Crippen LogP contribution in [0.5, 0.6) is 0 Å². The van der Waals surface area contributed by atoms with Gasteiger partial charge in [-0.15, -0.1) is 11.3 Å². The molecule has 4 N–H and O–H groups in total. The summed E-state index contributed by atoms with van der Waals surface area (Å²) in [7, 11) is 0. The van der Waals surface area contributed by atoms with Crippen molar-refractivity contribution in [1.29, 1.82) is 0 Å². The average molecular weight is 394 g/mol. The van der Waals surface area contributed by atoms with Gasteiger partial charge in [-0.05, 0) is 55.1 Å². The molecule has 0 aliphatic rings. The van der Waals surface area contributed by atoms with Crippen LogP contribution >= 0.6 is 11.3 Å². The minimum atomic E-state index is -0.496. The van der Waals surface area contributed by atoms with Crippen molar-refractivity contribution in [2.75, 3.05) is 5.32 Å². The van der Waals surface area contributed by atoms with Gasteiger partial charge >= 0.3 is 0 Å². The highest BCUT2D eigenvalue weighted by atomic mass is 32.1. The Morgan fingerprint density at radius 3 is 2.25 bits per heavy atom. The minimum absolute atomic E-state index is 0.0708. The first-order valence-electron chi connectivity index (χ1n) is 9.01. The van der Waals surface area contributed by atoms with Gasteiger partial charge in [0.1, 0.15) is 0 Å². The Morgan fingerprint density at radius 2 is 1.68 bits per heavy atom. The molecular formula is C22H23N3O2S. The second kappa shape index (κ2) is 8.82. The number of amides is 2. The monoisotopic (exact) mass is 393 g/mol. The third-order valence-electron chi connectivity index (χ3n) is 4.49. The molecule has 0 bridgehead atoms. The number of carbonyl (C=O) groups is 2. The quantitative estimate of drug-likeness (QED) is 0.570. The first-order chi connectivity index (χ1) is 13.4. The molecule has 3 rings (SSSR count). The van der Waals surface area contributed by atoms with E-state index in [4.69, 9.17) is 5.73 Å². The van der Waals surface area contributed by atoms with Crippen molar-refractivity contribution < 1.29 is 9.59 Å². The summed E-state index contributed by atoms with van der Waals surface area (Å²) in [5.74, 6) is -0.648. The fraction of sp³-hybridized carbons (Fsp3) is 0.182. The Balaban J connectivity index is 1.72. The lowest BCUT2D eigenvalue weighted by Crippen LogP contribution is -2.40. The molecule has 0 saturated heterocycles. The molecule has 0 unspecified atom stereocenters. The fourth-order valence-electron chi connectivity index (χ4n) is 2.85. The third kappa shape index (κ3) is 4.85. The van der Waals surface area contributed by atoms with Gasteiger partial charge in [0.05, 0.1) is 12.1 Å². The van der Waals surface area contributed by atoms with Gasteiger partial charge in [-0.1, -0.05) is 35.9 Å². The normalized spacial score (nSPS) is 12.9. The van der Waals surface area contributed by atoms with E-state index in [-0.39, 0.29) is 11.9 Å². The molecule has 1 aromatic heterocycles. The summed E-state index contributed by atoms with van der Waals surface area (Å²) in [6, 6.07) is 18.4. The molecule has 2 atom stereocenters. The lowest BCUT2D eigenvalue weighted by molar-refractivity contribution is -0.117. The lowest BCUT2D eigenvalue weighted by Gasteiger charge is -2.23. The zero-order valence-corrected chi connectivity index (χ0v) is 16.6. The Labute approximate surface area is 168 Å². The van der Waals surface area contributed by atoms with Crippen molar-refractivity contribution in [1.82, 2.24) is 5.32 Å². The summed E-state index contributed by atoms with van der Waals surface area (Å²) < 4.78 is 0. The van der Waals surface area contributed by atoms with Crippen LogP contribution in [-0.4, -0.2) is 17.9 Å². The SMILES string of the molecule is Cc1ccc([C@@H](N[C@H](C)C(=O)Nc2ccc(C(N)=O)cc2)c2cccs2)cc1. The van der Waals surface area contributed by atoms with Crippen molar-refractivity contribution in [2.45, 2.75) is 25.9 Å². The largest absolute Gasteiger partial charge is 0.366 e. The summed E-state index contributed by atoms with van der Waals surface area (Å²) in [4.78, 5) is 25.0. The van der Waals surface area contributed by atoms with Gasteiger partial charge < -0.3 is 11.1 Å². The van der Waals surface area contributed by atoms with Crippen LogP contribution in [0.3, 0.4) is 0 Å². The number of anilines is 1. The summed E-state index contributed by atoms with van der Waals surface area (Å²) in [5, 5.41) is 8.33. The van der Waals surface area contributed by atoms with Crippen molar-refractivity contribution in [3.05, 3.63) is 87.6 Å². The first-order valence-corrected chi connectivity index (χ1v) is 9.89. The highest BCUT2D eigenvalue weighted by molar-refractivity contribution is 7.10. The predicted octanol–water partition coefficient (Wildman–Crippen LogP) is 3.86. The van der Waals surface area contributed by atoms with E-state index in [1.54, 1.807) is 35.6 Å². The maximum Gasteiger partial charge on any atom is 0.248 e. The Kier molecular flexibility index (Phi) is 6.23. The number of rotatable bonds is 7. The van der Waals surface area contributed by atoms with Crippen molar-refractivity contribution in [3.8, 4) is 0 Å². The predicted molar refractivity (Wildman–Crippen MR) is 114 cm³/mol. The second-order valence-corrected chi connectivity index (χ2v) is 7.66. The Morgan fingerprint density at radius 1 is 1.00 bits per heavy atom. The molecule has 6 heteroatoms. The summed E-state index contributed by atoms with van der Waals surface area (Å²) >= 11 is 1.65. The van der Waals surface area contributed by atoms with Crippen molar-refractivity contribution >= 4 is 28.8 Å². The molecule has 2 aromatic carbocycles. The highest BCUT2D eigenvalue weighted by Gasteiger charge is 2.21. The van der Waals surface area contributed by atoms with Crippen LogP contribution in [0, 0.1) is 6.92 Å². The van der Waals surface area contributed by atoms with Gasteiger partial charge in [0.15, 0.2) is 0 Å². The van der Waals surface area contributed by atoms with Crippen LogP contribution in [0.1, 0.15) is 39.3 Å². The van der Waals surface area contributed by atoms with Crippen LogP contribution in [0.15, 0.2) is 66.0 Å². The van der Waals surface area contributed by atoms with Crippen LogP contribution in [0.25, 0.3) is 0 Å². The maximum atomic E-state index is 12.7. The molecule has 28 heavy (non-hydrogen) atoms. The summed E-state index contributed by atoms with van der Waals surface area (Å²) in [6.45, 7) is 3.89. The van der Waals surface area contributed by atoms with E-state index in [1.165, 1.54) is 5.56 Å². The number of benzene rings is 2. The highest BCUT2D eigenvalue weighted by Crippen LogP contribution is 2.27. The molecule has 0 spiro atoms. The number of carbonyl (C=O) groups excluding carboxylic acids is 2.